The van der Waals surface area contributed by atoms with E-state index in [4.69, 9.17) is 4.74 Å². The maximum Gasteiger partial charge on any atom is 0.214 e. The molecule has 0 bridgehead atoms. The summed E-state index contributed by atoms with van der Waals surface area (Å²) < 4.78 is 33.1. The van der Waals surface area contributed by atoms with Crippen LogP contribution in [-0.4, -0.2) is 41.9 Å². The van der Waals surface area contributed by atoms with Gasteiger partial charge in [-0.05, 0) is 25.7 Å². The van der Waals surface area contributed by atoms with Crippen molar-refractivity contribution in [2.75, 3.05) is 19.4 Å². The highest BCUT2D eigenvalue weighted by Crippen LogP contribution is 2.33. The van der Waals surface area contributed by atoms with Crippen molar-refractivity contribution in [1.29, 1.82) is 0 Å². The summed E-state index contributed by atoms with van der Waals surface area (Å²) >= 11 is 0. The minimum absolute atomic E-state index is 0.151. The third kappa shape index (κ3) is 3.00. The maximum atomic E-state index is 12.1. The van der Waals surface area contributed by atoms with Crippen LogP contribution in [0.15, 0.2) is 0 Å². The molecule has 6 nitrogen and oxygen atoms in total. The predicted octanol–water partition coefficient (Wildman–Crippen LogP) is 1.15. The van der Waals surface area contributed by atoms with Crippen LogP contribution in [-0.2, 0) is 40.9 Å². The minimum Gasteiger partial charge on any atom is -0.378 e. The van der Waals surface area contributed by atoms with E-state index in [0.29, 0.717) is 19.7 Å². The van der Waals surface area contributed by atoms with Crippen LogP contribution in [0.2, 0.25) is 0 Å². The lowest BCUT2D eigenvalue weighted by Crippen LogP contribution is -2.37. The largest absolute Gasteiger partial charge is 0.378 e. The highest BCUT2D eigenvalue weighted by atomic mass is 32.2. The Bertz CT molecular complexity index is 620. The Morgan fingerprint density at radius 1 is 1.38 bits per heavy atom. The molecule has 1 fully saturated rings. The summed E-state index contributed by atoms with van der Waals surface area (Å²) in [5.41, 5.74) is 3.15. The molecule has 0 saturated heterocycles. The van der Waals surface area contributed by atoms with Gasteiger partial charge in [-0.1, -0.05) is 0 Å². The molecule has 2 heterocycles. The number of ether oxygens (including phenoxy) is 1. The summed E-state index contributed by atoms with van der Waals surface area (Å²) in [6.45, 7) is 4.10. The molecule has 1 aromatic rings. The topological polar surface area (TPSA) is 64.4 Å². The molecule has 1 aliphatic carbocycles. The Balaban J connectivity index is 1.90. The Morgan fingerprint density at radius 3 is 2.76 bits per heavy atom. The Labute approximate surface area is 126 Å². The number of hydrogen-bond donors (Lipinski definition) is 0. The molecule has 0 atom stereocenters. The second-order valence-electron chi connectivity index (χ2n) is 5.91. The molecule has 118 valence electrons. The van der Waals surface area contributed by atoms with Gasteiger partial charge in [-0.15, -0.1) is 0 Å². The minimum atomic E-state index is -3.14. The maximum absolute atomic E-state index is 12.1. The van der Waals surface area contributed by atoms with Gasteiger partial charge in [-0.2, -0.15) is 9.40 Å². The Kier molecular flexibility index (Phi) is 4.07. The molecule has 1 aromatic heterocycles. The number of nitrogens with zero attached hydrogens (tertiary/aromatic N) is 3. The zero-order valence-electron chi connectivity index (χ0n) is 12.7. The van der Waals surface area contributed by atoms with Crippen molar-refractivity contribution in [1.82, 2.24) is 14.1 Å². The Hall–Kier alpha value is -0.920. The molecule has 0 unspecified atom stereocenters. The number of methoxy groups -OCH3 is 1. The van der Waals surface area contributed by atoms with Crippen LogP contribution in [0.1, 0.15) is 36.7 Å². The second kappa shape index (κ2) is 5.70. The predicted molar refractivity (Wildman–Crippen MR) is 79.2 cm³/mol. The van der Waals surface area contributed by atoms with Gasteiger partial charge in [0.25, 0.3) is 0 Å². The summed E-state index contributed by atoms with van der Waals surface area (Å²) in [6.07, 6.45) is 3.31. The van der Waals surface area contributed by atoms with E-state index in [1.807, 2.05) is 0 Å². The zero-order chi connectivity index (χ0) is 15.0. The summed E-state index contributed by atoms with van der Waals surface area (Å²) in [4.78, 5) is 0. The molecule has 3 rings (SSSR count). The molecular weight excluding hydrogens is 290 g/mol. The molecule has 0 spiro atoms. The highest BCUT2D eigenvalue weighted by Gasteiger charge is 2.32. The molecule has 0 aromatic carbocycles. The quantitative estimate of drug-likeness (QED) is 0.790. The first-order valence-electron chi connectivity index (χ1n) is 7.59. The molecular formula is C14H23N3O3S. The van der Waals surface area contributed by atoms with Crippen LogP contribution in [0.4, 0.5) is 0 Å². The van der Waals surface area contributed by atoms with Crippen molar-refractivity contribution in [3.8, 4) is 0 Å². The van der Waals surface area contributed by atoms with Crippen molar-refractivity contribution in [2.45, 2.75) is 45.9 Å². The fourth-order valence-corrected chi connectivity index (χ4v) is 3.97. The molecule has 0 N–H and O–H groups in total. The van der Waals surface area contributed by atoms with Gasteiger partial charge in [0.2, 0.25) is 10.0 Å². The van der Waals surface area contributed by atoms with Crippen molar-refractivity contribution in [3.63, 3.8) is 0 Å². The van der Waals surface area contributed by atoms with E-state index in [1.54, 1.807) is 18.3 Å². The van der Waals surface area contributed by atoms with E-state index in [1.165, 1.54) is 18.5 Å². The van der Waals surface area contributed by atoms with Crippen molar-refractivity contribution in [3.05, 3.63) is 17.0 Å². The number of hydrogen-bond acceptors (Lipinski definition) is 4. The van der Waals surface area contributed by atoms with Crippen LogP contribution in [0.25, 0.3) is 0 Å². The number of fused-ring (bicyclic) bond motifs is 1. The van der Waals surface area contributed by atoms with E-state index in [9.17, 15) is 8.42 Å². The molecule has 2 aliphatic rings. The van der Waals surface area contributed by atoms with Gasteiger partial charge in [-0.3, -0.25) is 4.68 Å². The van der Waals surface area contributed by atoms with Crippen LogP contribution in [0, 0.1) is 5.92 Å². The van der Waals surface area contributed by atoms with Crippen molar-refractivity contribution >= 4 is 10.0 Å². The normalized spacial score (nSPS) is 19.7. The molecule has 21 heavy (non-hydrogen) atoms. The zero-order valence-corrected chi connectivity index (χ0v) is 13.5. The first-order chi connectivity index (χ1) is 10.0. The van der Waals surface area contributed by atoms with Crippen LogP contribution in [0.5, 0.6) is 0 Å². The monoisotopic (exact) mass is 313 g/mol. The van der Waals surface area contributed by atoms with Gasteiger partial charge < -0.3 is 4.74 Å². The second-order valence-corrected chi connectivity index (χ2v) is 8.17. The molecule has 0 amide bonds. The summed E-state index contributed by atoms with van der Waals surface area (Å²) in [6, 6.07) is 0. The van der Waals surface area contributed by atoms with Crippen molar-refractivity contribution < 1.29 is 13.2 Å². The van der Waals surface area contributed by atoms with Gasteiger partial charge in [-0.25, -0.2) is 8.42 Å². The fraction of sp³-hybridized carbons (Fsp3) is 0.786. The summed E-state index contributed by atoms with van der Waals surface area (Å²) in [5, 5.41) is 4.67. The summed E-state index contributed by atoms with van der Waals surface area (Å²) in [7, 11) is -1.49. The van der Waals surface area contributed by atoms with Gasteiger partial charge >= 0.3 is 0 Å². The average Bonchev–Trinajstić information content (AvgIpc) is 3.23. The third-order valence-corrected chi connectivity index (χ3v) is 6.18. The number of rotatable bonds is 6. The van der Waals surface area contributed by atoms with Gasteiger partial charge in [0.15, 0.2) is 0 Å². The molecule has 7 heteroatoms. The van der Waals surface area contributed by atoms with Gasteiger partial charge in [0, 0.05) is 44.4 Å². The number of sulfonamides is 1. The van der Waals surface area contributed by atoms with Gasteiger partial charge in [0.1, 0.15) is 0 Å². The molecule has 0 radical (unpaired) electrons. The van der Waals surface area contributed by atoms with Crippen molar-refractivity contribution in [2.24, 2.45) is 5.92 Å². The lowest BCUT2D eigenvalue weighted by Gasteiger charge is -2.26. The van der Waals surface area contributed by atoms with Crippen LogP contribution in [0.3, 0.4) is 0 Å². The first-order valence-corrected chi connectivity index (χ1v) is 9.20. The standard InChI is InChI=1S/C14H23N3O3S/c1-3-21(18,19)16-7-6-14-12(9-16)13(10-20-2)15-17(14)8-11-4-5-11/h11H,3-10H2,1-2H3. The van der Waals surface area contributed by atoms with E-state index in [-0.39, 0.29) is 5.75 Å². The number of aromatic nitrogens is 2. The molecule has 1 aliphatic heterocycles. The third-order valence-electron chi connectivity index (χ3n) is 4.35. The highest BCUT2D eigenvalue weighted by molar-refractivity contribution is 7.89. The van der Waals surface area contributed by atoms with Crippen LogP contribution >= 0.6 is 0 Å². The van der Waals surface area contributed by atoms with E-state index >= 15 is 0 Å². The first kappa shape index (κ1) is 15.0. The average molecular weight is 313 g/mol. The van der Waals surface area contributed by atoms with E-state index in [2.05, 4.69) is 9.78 Å². The lowest BCUT2D eigenvalue weighted by molar-refractivity contribution is 0.179. The SMILES string of the molecule is CCS(=O)(=O)N1CCc2c(c(COC)nn2CC2CC2)C1. The lowest BCUT2D eigenvalue weighted by atomic mass is 10.1. The van der Waals surface area contributed by atoms with E-state index < -0.39 is 10.0 Å². The van der Waals surface area contributed by atoms with Gasteiger partial charge in [0.05, 0.1) is 18.1 Å². The fourth-order valence-electron chi connectivity index (χ4n) is 2.91. The van der Waals surface area contributed by atoms with Crippen LogP contribution < -0.4 is 0 Å². The molecule has 1 saturated carbocycles. The smallest absolute Gasteiger partial charge is 0.214 e. The van der Waals surface area contributed by atoms with E-state index in [0.717, 1.165) is 30.1 Å². The summed E-state index contributed by atoms with van der Waals surface area (Å²) in [5.74, 6) is 0.903. The Morgan fingerprint density at radius 2 is 2.14 bits per heavy atom.